The molecule has 2 rings (SSSR count). The first kappa shape index (κ1) is 20.1. The molecular formula is C17H18F2N2O3S2. The van der Waals surface area contributed by atoms with E-state index in [0.29, 0.717) is 10.8 Å². The molecule has 0 saturated heterocycles. The molecule has 0 aliphatic rings. The maximum absolute atomic E-state index is 12.1. The molecule has 0 aliphatic carbocycles. The van der Waals surface area contributed by atoms with Crippen LogP contribution in [0.3, 0.4) is 0 Å². The Morgan fingerprint density at radius 3 is 2.15 bits per heavy atom. The van der Waals surface area contributed by atoms with Crippen LogP contribution in [0.2, 0.25) is 0 Å². The molecule has 2 aromatic carbocycles. The normalized spacial score (nSPS) is 12.5. The SMILES string of the molecule is C[C@H](NC(=S)Nc1ccc(OC(F)F)cc1)c1ccc(S(C)(=O)=O)cc1. The van der Waals surface area contributed by atoms with Gasteiger partial charge in [0.1, 0.15) is 5.75 Å². The topological polar surface area (TPSA) is 67.4 Å². The number of sulfone groups is 1. The van der Waals surface area contributed by atoms with E-state index in [1.165, 1.54) is 12.1 Å². The zero-order valence-electron chi connectivity index (χ0n) is 14.1. The molecule has 9 heteroatoms. The van der Waals surface area contributed by atoms with Crippen molar-refractivity contribution in [1.29, 1.82) is 0 Å². The second-order valence-corrected chi connectivity index (χ2v) is 7.99. The van der Waals surface area contributed by atoms with Gasteiger partial charge in [-0.3, -0.25) is 0 Å². The average Bonchev–Trinajstić information content (AvgIpc) is 2.55. The van der Waals surface area contributed by atoms with Gasteiger partial charge in [0.2, 0.25) is 0 Å². The third-order valence-corrected chi connectivity index (χ3v) is 4.84. The Hall–Kier alpha value is -2.26. The third-order valence-electron chi connectivity index (χ3n) is 3.49. The van der Waals surface area contributed by atoms with Gasteiger partial charge in [0.25, 0.3) is 0 Å². The molecule has 0 saturated carbocycles. The fraction of sp³-hybridized carbons (Fsp3) is 0.235. The van der Waals surface area contributed by atoms with Crippen LogP contribution in [0.1, 0.15) is 18.5 Å². The predicted molar refractivity (Wildman–Crippen MR) is 100 cm³/mol. The zero-order valence-corrected chi connectivity index (χ0v) is 15.7. The maximum Gasteiger partial charge on any atom is 0.387 e. The Morgan fingerprint density at radius 2 is 1.65 bits per heavy atom. The van der Waals surface area contributed by atoms with Crippen LogP contribution < -0.4 is 15.4 Å². The summed E-state index contributed by atoms with van der Waals surface area (Å²) in [5.74, 6) is 0.0590. The number of ether oxygens (including phenoxy) is 1. The van der Waals surface area contributed by atoms with Crippen LogP contribution in [0.4, 0.5) is 14.5 Å². The molecule has 0 unspecified atom stereocenters. The number of rotatable bonds is 6. The lowest BCUT2D eigenvalue weighted by molar-refractivity contribution is -0.0498. The van der Waals surface area contributed by atoms with Crippen LogP contribution in [0.5, 0.6) is 5.75 Å². The lowest BCUT2D eigenvalue weighted by atomic mass is 10.1. The highest BCUT2D eigenvalue weighted by Gasteiger charge is 2.11. The van der Waals surface area contributed by atoms with Crippen LogP contribution in [0, 0.1) is 0 Å². The average molecular weight is 400 g/mol. The van der Waals surface area contributed by atoms with Gasteiger partial charge < -0.3 is 15.4 Å². The lowest BCUT2D eigenvalue weighted by Gasteiger charge is -2.18. The van der Waals surface area contributed by atoms with Crippen molar-refractivity contribution in [3.8, 4) is 5.75 Å². The third kappa shape index (κ3) is 5.92. The van der Waals surface area contributed by atoms with Crippen LogP contribution in [-0.4, -0.2) is 26.4 Å². The standard InChI is InChI=1S/C17H18F2N2O3S2/c1-11(12-3-9-15(10-4-12)26(2,22)23)20-17(25)21-13-5-7-14(8-6-13)24-16(18)19/h3-11,16H,1-2H3,(H2,20,21,25)/t11-/m0/s1. The number of hydrogen-bond acceptors (Lipinski definition) is 4. The molecular weight excluding hydrogens is 382 g/mol. The Kier molecular flexibility index (Phi) is 6.49. The summed E-state index contributed by atoms with van der Waals surface area (Å²) in [6, 6.07) is 12.3. The molecule has 0 bridgehead atoms. The summed E-state index contributed by atoms with van der Waals surface area (Å²) in [5.41, 5.74) is 1.48. The fourth-order valence-electron chi connectivity index (χ4n) is 2.17. The van der Waals surface area contributed by atoms with Crippen molar-refractivity contribution in [3.63, 3.8) is 0 Å². The lowest BCUT2D eigenvalue weighted by Crippen LogP contribution is -2.30. The summed E-state index contributed by atoms with van der Waals surface area (Å²) >= 11 is 5.23. The molecule has 0 fully saturated rings. The summed E-state index contributed by atoms with van der Waals surface area (Å²) < 4.78 is 51.5. The van der Waals surface area contributed by atoms with E-state index in [9.17, 15) is 17.2 Å². The largest absolute Gasteiger partial charge is 0.435 e. The minimum Gasteiger partial charge on any atom is -0.435 e. The fourth-order valence-corrected chi connectivity index (χ4v) is 3.10. The van der Waals surface area contributed by atoms with Crippen molar-refractivity contribution in [2.45, 2.75) is 24.5 Å². The monoisotopic (exact) mass is 400 g/mol. The number of hydrogen-bond donors (Lipinski definition) is 2. The molecule has 2 aromatic rings. The second kappa shape index (κ2) is 8.41. The number of alkyl halides is 2. The van der Waals surface area contributed by atoms with Gasteiger partial charge in [-0.2, -0.15) is 8.78 Å². The van der Waals surface area contributed by atoms with E-state index in [-0.39, 0.29) is 16.7 Å². The summed E-state index contributed by atoms with van der Waals surface area (Å²) in [6.07, 6.45) is 1.15. The number of nitrogens with one attached hydrogen (secondary N) is 2. The van der Waals surface area contributed by atoms with Crippen LogP contribution in [0.15, 0.2) is 53.4 Å². The molecule has 0 heterocycles. The van der Waals surface area contributed by atoms with E-state index in [1.54, 1.807) is 36.4 Å². The Balaban J connectivity index is 1.94. The quantitative estimate of drug-likeness (QED) is 0.720. The number of anilines is 1. The molecule has 1 atom stereocenters. The molecule has 5 nitrogen and oxygen atoms in total. The van der Waals surface area contributed by atoms with Crippen molar-refractivity contribution < 1.29 is 21.9 Å². The Labute approximate surface area is 156 Å². The van der Waals surface area contributed by atoms with Crippen molar-refractivity contribution in [2.24, 2.45) is 0 Å². The Morgan fingerprint density at radius 1 is 1.08 bits per heavy atom. The van der Waals surface area contributed by atoms with Crippen molar-refractivity contribution >= 4 is 32.9 Å². The molecule has 0 spiro atoms. The summed E-state index contributed by atoms with van der Waals surface area (Å²) in [7, 11) is -3.24. The van der Waals surface area contributed by atoms with Gasteiger partial charge in [0.15, 0.2) is 14.9 Å². The number of thiocarbonyl (C=S) groups is 1. The van der Waals surface area contributed by atoms with Gasteiger partial charge >= 0.3 is 6.61 Å². The number of halogens is 2. The first-order valence-electron chi connectivity index (χ1n) is 7.57. The van der Waals surface area contributed by atoms with Crippen molar-refractivity contribution in [2.75, 3.05) is 11.6 Å². The van der Waals surface area contributed by atoms with Gasteiger partial charge in [-0.05, 0) is 61.1 Å². The van der Waals surface area contributed by atoms with Crippen LogP contribution >= 0.6 is 12.2 Å². The van der Waals surface area contributed by atoms with Crippen LogP contribution in [0.25, 0.3) is 0 Å². The van der Waals surface area contributed by atoms with E-state index in [0.717, 1.165) is 11.8 Å². The van der Waals surface area contributed by atoms with E-state index in [2.05, 4.69) is 15.4 Å². The molecule has 140 valence electrons. The summed E-state index contributed by atoms with van der Waals surface area (Å²) in [5, 5.41) is 6.35. The van der Waals surface area contributed by atoms with Crippen molar-refractivity contribution in [3.05, 3.63) is 54.1 Å². The zero-order chi connectivity index (χ0) is 19.3. The highest BCUT2D eigenvalue weighted by molar-refractivity contribution is 7.90. The van der Waals surface area contributed by atoms with Gasteiger partial charge in [-0.25, -0.2) is 8.42 Å². The second-order valence-electron chi connectivity index (χ2n) is 5.56. The predicted octanol–water partition coefficient (Wildman–Crippen LogP) is 3.74. The van der Waals surface area contributed by atoms with Gasteiger partial charge in [0, 0.05) is 11.9 Å². The minimum absolute atomic E-state index is 0.0590. The molecule has 0 aliphatic heterocycles. The van der Waals surface area contributed by atoms with E-state index < -0.39 is 16.4 Å². The van der Waals surface area contributed by atoms with Gasteiger partial charge in [0.05, 0.1) is 10.9 Å². The first-order valence-corrected chi connectivity index (χ1v) is 9.87. The maximum atomic E-state index is 12.1. The van der Waals surface area contributed by atoms with Crippen LogP contribution in [-0.2, 0) is 9.84 Å². The highest BCUT2D eigenvalue weighted by atomic mass is 32.2. The first-order chi connectivity index (χ1) is 12.1. The molecule has 26 heavy (non-hydrogen) atoms. The van der Waals surface area contributed by atoms with Crippen molar-refractivity contribution in [1.82, 2.24) is 5.32 Å². The van der Waals surface area contributed by atoms with E-state index in [4.69, 9.17) is 12.2 Å². The van der Waals surface area contributed by atoms with Gasteiger partial charge in [-0.15, -0.1) is 0 Å². The molecule has 0 aromatic heterocycles. The minimum atomic E-state index is -3.24. The Bertz CT molecular complexity index is 855. The van der Waals surface area contributed by atoms with Gasteiger partial charge in [-0.1, -0.05) is 12.1 Å². The molecule has 2 N–H and O–H groups in total. The smallest absolute Gasteiger partial charge is 0.387 e. The van der Waals surface area contributed by atoms with E-state index in [1.807, 2.05) is 6.92 Å². The number of benzene rings is 2. The van der Waals surface area contributed by atoms with E-state index >= 15 is 0 Å². The summed E-state index contributed by atoms with van der Waals surface area (Å²) in [4.78, 5) is 0.250. The molecule has 0 radical (unpaired) electrons. The highest BCUT2D eigenvalue weighted by Crippen LogP contribution is 2.19. The molecule has 0 amide bonds. The summed E-state index contributed by atoms with van der Waals surface area (Å²) in [6.45, 7) is -0.991.